The number of carboxylic acids is 1. The van der Waals surface area contributed by atoms with Crippen molar-refractivity contribution in [1.29, 1.82) is 0 Å². The molecule has 0 bridgehead atoms. The van der Waals surface area contributed by atoms with Gasteiger partial charge in [-0.15, -0.1) is 11.3 Å². The first kappa shape index (κ1) is 26.2. The molecule has 0 radical (unpaired) electrons. The van der Waals surface area contributed by atoms with Gasteiger partial charge in [0, 0.05) is 69.2 Å². The fourth-order valence-electron chi connectivity index (χ4n) is 3.80. The third-order valence-electron chi connectivity index (χ3n) is 5.75. The largest absolute Gasteiger partial charge is 0.481 e. The van der Waals surface area contributed by atoms with Crippen molar-refractivity contribution < 1.29 is 19.5 Å². The number of carbonyl (C=O) groups is 3. The Kier molecular flexibility index (Phi) is 8.72. The van der Waals surface area contributed by atoms with Crippen LogP contribution in [0.25, 0.3) is 0 Å². The van der Waals surface area contributed by atoms with Crippen molar-refractivity contribution in [2.24, 2.45) is 10.4 Å². The zero-order valence-electron chi connectivity index (χ0n) is 20.0. The molecule has 2 N–H and O–H groups in total. The number of thioether (sulfide) groups is 1. The summed E-state index contributed by atoms with van der Waals surface area (Å²) in [5.74, 6) is 0.447. The van der Waals surface area contributed by atoms with E-state index in [4.69, 9.17) is 0 Å². The van der Waals surface area contributed by atoms with Crippen LogP contribution in [-0.2, 0) is 9.59 Å². The fraction of sp³-hybridized carbons (Fsp3) is 0.591. The average Bonchev–Trinajstić information content (AvgIpc) is 3.34. The molecule has 0 unspecified atom stereocenters. The highest BCUT2D eigenvalue weighted by Crippen LogP contribution is 2.21. The van der Waals surface area contributed by atoms with Crippen LogP contribution in [0.1, 0.15) is 25.8 Å². The number of urea groups is 1. The Morgan fingerprint density at radius 2 is 1.97 bits per heavy atom. The molecule has 0 spiro atoms. The van der Waals surface area contributed by atoms with Crippen LogP contribution in [0.5, 0.6) is 0 Å². The predicted molar refractivity (Wildman–Crippen MR) is 134 cm³/mol. The van der Waals surface area contributed by atoms with E-state index in [1.165, 1.54) is 28.0 Å². The van der Waals surface area contributed by atoms with E-state index in [0.29, 0.717) is 56.4 Å². The van der Waals surface area contributed by atoms with Gasteiger partial charge in [0.1, 0.15) is 0 Å². The van der Waals surface area contributed by atoms with Crippen molar-refractivity contribution in [2.45, 2.75) is 20.8 Å². The van der Waals surface area contributed by atoms with Gasteiger partial charge in [0.05, 0.1) is 12.0 Å². The minimum Gasteiger partial charge on any atom is -0.481 e. The van der Waals surface area contributed by atoms with Gasteiger partial charge in [0.25, 0.3) is 0 Å². The molecule has 0 aliphatic carbocycles. The monoisotopic (exact) mass is 508 g/mol. The standard InChI is InChI=1S/C22H32N6O4S2/c1-5-33-19(29)15-12-24-17(18-23-6-11-34-18)25-16(15)13-27-7-9-28(10-8-27)21(32)26(4)14-22(2,3)20(30)31/h6,11H,5,7-10,12-14H2,1-4H3,(H,24,25)(H,30,31). The third-order valence-corrected chi connectivity index (χ3v) is 7.33. The number of aliphatic carboxylic acids is 1. The number of carbonyl (C=O) groups excluding carboxylic acids is 2. The first-order chi connectivity index (χ1) is 16.1. The summed E-state index contributed by atoms with van der Waals surface area (Å²) >= 11 is 2.77. The van der Waals surface area contributed by atoms with Gasteiger partial charge in [-0.2, -0.15) is 0 Å². The average molecular weight is 509 g/mol. The van der Waals surface area contributed by atoms with Gasteiger partial charge in [-0.05, 0) is 19.6 Å². The second-order valence-corrected chi connectivity index (χ2v) is 11.0. The molecule has 186 valence electrons. The Morgan fingerprint density at radius 3 is 2.56 bits per heavy atom. The lowest BCUT2D eigenvalue weighted by atomic mass is 9.93. The Labute approximate surface area is 208 Å². The van der Waals surface area contributed by atoms with E-state index >= 15 is 0 Å². The summed E-state index contributed by atoms with van der Waals surface area (Å²) in [5, 5.41) is 15.4. The molecule has 1 aromatic rings. The smallest absolute Gasteiger partial charge is 0.319 e. The van der Waals surface area contributed by atoms with E-state index in [2.05, 4.69) is 20.2 Å². The van der Waals surface area contributed by atoms with Crippen LogP contribution >= 0.6 is 23.1 Å². The SMILES string of the molecule is CCSC(=O)C1=C(CN2CCN(C(=O)N(C)CC(C)(C)C(=O)O)CC2)NC(c2nccs2)=NC1. The predicted octanol–water partition coefficient (Wildman–Crippen LogP) is 1.81. The second-order valence-electron chi connectivity index (χ2n) is 8.90. The Hall–Kier alpha value is -2.44. The number of hydrogen-bond donors (Lipinski definition) is 2. The molecular weight excluding hydrogens is 476 g/mol. The molecule has 0 saturated carbocycles. The van der Waals surface area contributed by atoms with Crippen molar-refractivity contribution in [3.8, 4) is 0 Å². The number of amides is 2. The molecule has 2 aliphatic heterocycles. The van der Waals surface area contributed by atoms with E-state index in [1.54, 1.807) is 32.0 Å². The van der Waals surface area contributed by atoms with Gasteiger partial charge in [-0.3, -0.25) is 19.5 Å². The second kappa shape index (κ2) is 11.3. The number of aromatic nitrogens is 1. The van der Waals surface area contributed by atoms with Crippen LogP contribution in [-0.4, -0.2) is 106 Å². The molecule has 1 fully saturated rings. The minimum absolute atomic E-state index is 0.0309. The maximum Gasteiger partial charge on any atom is 0.319 e. The van der Waals surface area contributed by atoms with Gasteiger partial charge >= 0.3 is 12.0 Å². The molecule has 3 heterocycles. The number of carboxylic acid groups (broad SMARTS) is 1. The summed E-state index contributed by atoms with van der Waals surface area (Å²) in [5.41, 5.74) is 0.508. The number of rotatable bonds is 8. The van der Waals surface area contributed by atoms with Gasteiger partial charge in [-0.1, -0.05) is 18.7 Å². The lowest BCUT2D eigenvalue weighted by molar-refractivity contribution is -0.147. The molecule has 1 aromatic heterocycles. The summed E-state index contributed by atoms with van der Waals surface area (Å²) < 4.78 is 0. The van der Waals surface area contributed by atoms with E-state index in [-0.39, 0.29) is 17.7 Å². The topological polar surface area (TPSA) is 118 Å². The molecule has 34 heavy (non-hydrogen) atoms. The molecule has 12 heteroatoms. The van der Waals surface area contributed by atoms with Crippen molar-refractivity contribution in [3.63, 3.8) is 0 Å². The summed E-state index contributed by atoms with van der Waals surface area (Å²) in [6.07, 6.45) is 1.73. The van der Waals surface area contributed by atoms with E-state index in [9.17, 15) is 19.5 Å². The van der Waals surface area contributed by atoms with Gasteiger partial charge in [0.15, 0.2) is 10.8 Å². The van der Waals surface area contributed by atoms with E-state index in [1.807, 2.05) is 12.3 Å². The lowest BCUT2D eigenvalue weighted by Crippen LogP contribution is -2.54. The zero-order valence-corrected chi connectivity index (χ0v) is 21.7. The zero-order chi connectivity index (χ0) is 24.9. The quantitative estimate of drug-likeness (QED) is 0.546. The number of aliphatic imine (C=N–C) groups is 1. The number of thiazole rings is 1. The van der Waals surface area contributed by atoms with Crippen LogP contribution < -0.4 is 5.32 Å². The lowest BCUT2D eigenvalue weighted by Gasteiger charge is -2.38. The normalized spacial score (nSPS) is 17.3. The van der Waals surface area contributed by atoms with Crippen molar-refractivity contribution in [1.82, 2.24) is 25.0 Å². The van der Waals surface area contributed by atoms with Crippen LogP contribution in [0.4, 0.5) is 4.79 Å². The summed E-state index contributed by atoms with van der Waals surface area (Å²) in [6.45, 7) is 8.56. The highest BCUT2D eigenvalue weighted by atomic mass is 32.2. The summed E-state index contributed by atoms with van der Waals surface area (Å²) in [6, 6.07) is -0.169. The van der Waals surface area contributed by atoms with Gasteiger partial charge < -0.3 is 20.2 Å². The molecule has 2 amide bonds. The van der Waals surface area contributed by atoms with E-state index < -0.39 is 11.4 Å². The van der Waals surface area contributed by atoms with E-state index in [0.717, 1.165) is 10.7 Å². The Bertz CT molecular complexity index is 968. The number of piperazine rings is 1. The molecule has 0 aromatic carbocycles. The number of amidine groups is 1. The van der Waals surface area contributed by atoms with Crippen molar-refractivity contribution in [2.75, 3.05) is 58.6 Å². The number of hydrogen-bond acceptors (Lipinski definition) is 9. The van der Waals surface area contributed by atoms with Crippen molar-refractivity contribution >= 4 is 46.0 Å². The fourth-order valence-corrected chi connectivity index (χ4v) is 5.03. The maximum atomic E-state index is 12.8. The first-order valence-corrected chi connectivity index (χ1v) is 13.0. The van der Waals surface area contributed by atoms with Crippen LogP contribution in [0.15, 0.2) is 27.8 Å². The third kappa shape index (κ3) is 6.36. The number of nitrogens with one attached hydrogen (secondary N) is 1. The molecule has 0 atom stereocenters. The van der Waals surface area contributed by atoms with Gasteiger partial charge in [0.2, 0.25) is 5.12 Å². The summed E-state index contributed by atoms with van der Waals surface area (Å²) in [7, 11) is 1.64. The molecular formula is C22H32N6O4S2. The minimum atomic E-state index is -1.01. The molecule has 2 aliphatic rings. The molecule has 3 rings (SSSR count). The van der Waals surface area contributed by atoms with Gasteiger partial charge in [-0.25, -0.2) is 9.78 Å². The Morgan fingerprint density at radius 1 is 1.26 bits per heavy atom. The Balaban J connectivity index is 1.62. The summed E-state index contributed by atoms with van der Waals surface area (Å²) in [4.78, 5) is 51.2. The van der Waals surface area contributed by atoms with Crippen molar-refractivity contribution in [3.05, 3.63) is 27.9 Å². The van der Waals surface area contributed by atoms with Crippen LogP contribution in [0.3, 0.4) is 0 Å². The number of nitrogens with zero attached hydrogens (tertiary/aromatic N) is 5. The maximum absolute atomic E-state index is 12.8. The highest BCUT2D eigenvalue weighted by Gasteiger charge is 2.33. The first-order valence-electron chi connectivity index (χ1n) is 11.2. The van der Waals surface area contributed by atoms with Crippen LogP contribution in [0, 0.1) is 5.41 Å². The van der Waals surface area contributed by atoms with Crippen LogP contribution in [0.2, 0.25) is 0 Å². The molecule has 1 saturated heterocycles. The molecule has 10 nitrogen and oxygen atoms in total. The highest BCUT2D eigenvalue weighted by molar-refractivity contribution is 8.14.